The molecule has 0 saturated carbocycles. The number of non-ortho nitro benzene ring substituents is 1. The molecule has 0 aliphatic rings. The highest BCUT2D eigenvalue weighted by Gasteiger charge is 2.14. The fourth-order valence-electron chi connectivity index (χ4n) is 4.61. The van der Waals surface area contributed by atoms with Gasteiger partial charge in [-0.15, -0.1) is 0 Å². The largest absolute Gasteiger partial charge is 0.398 e. The lowest BCUT2D eigenvalue weighted by Gasteiger charge is -2.08. The topological polar surface area (TPSA) is 113 Å². The Morgan fingerprint density at radius 3 is 1.57 bits per heavy atom. The van der Waals surface area contributed by atoms with E-state index in [2.05, 4.69) is 0 Å². The van der Waals surface area contributed by atoms with Crippen molar-refractivity contribution in [1.29, 1.82) is 0 Å². The van der Waals surface area contributed by atoms with Crippen LogP contribution in [0.5, 0.6) is 0 Å². The van der Waals surface area contributed by atoms with E-state index in [1.165, 1.54) is 12.1 Å². The fourth-order valence-corrected chi connectivity index (χ4v) is 4.61. The van der Waals surface area contributed by atoms with Crippen LogP contribution in [0.4, 0.5) is 11.4 Å². The number of aromatic nitrogens is 2. The van der Waals surface area contributed by atoms with E-state index >= 15 is 0 Å². The van der Waals surface area contributed by atoms with Crippen LogP contribution in [0.3, 0.4) is 0 Å². The summed E-state index contributed by atoms with van der Waals surface area (Å²) in [5.74, 6) is 0. The van der Waals surface area contributed by atoms with Crippen LogP contribution < -0.4 is 16.9 Å². The minimum atomic E-state index is -0.469. The number of benzene rings is 4. The predicted octanol–water partition coefficient (Wildman–Crippen LogP) is 5.59. The molecule has 4 aromatic carbocycles. The number of nitrogen functional groups attached to an aromatic ring is 1. The first-order valence-corrected chi connectivity index (χ1v) is 12.6. The van der Waals surface area contributed by atoms with Crippen molar-refractivity contribution in [2.24, 2.45) is 0 Å². The molecule has 0 spiro atoms. The average Bonchev–Trinajstić information content (AvgIpc) is 2.97. The molecule has 0 aliphatic heterocycles. The number of nitro benzene ring substituents is 1. The number of anilines is 1. The molecule has 2 heterocycles. The molecule has 0 amide bonds. The third-order valence-electron chi connectivity index (χ3n) is 6.64. The molecule has 0 radical (unpaired) electrons. The third kappa shape index (κ3) is 5.51. The van der Waals surface area contributed by atoms with Gasteiger partial charge >= 0.3 is 0 Å². The van der Waals surface area contributed by atoms with Crippen molar-refractivity contribution in [3.63, 3.8) is 0 Å². The van der Waals surface area contributed by atoms with Gasteiger partial charge in [-0.3, -0.25) is 19.7 Å². The second kappa shape index (κ2) is 11.5. The number of nitrogens with two attached hydrogens (primary N) is 1. The summed E-state index contributed by atoms with van der Waals surface area (Å²) in [5, 5.41) is 13.2. The standard InChI is InChI=1S/C16H12N2O3.C16H14N2O/c19-16-14-7-4-8-15(18(20)21)13(14)9-10-17(16)11-12-5-2-1-3-6-12;17-15-8-4-7-14-13(15)9-10-18(16(14)19)11-12-5-2-1-3-6-12/h1-10H,11H2;1-10H,11,17H2. The Kier molecular flexibility index (Phi) is 7.50. The number of nitrogens with zero attached hydrogens (tertiary/aromatic N) is 3. The van der Waals surface area contributed by atoms with Gasteiger partial charge in [0.05, 0.1) is 28.8 Å². The molecule has 0 atom stereocenters. The lowest BCUT2D eigenvalue weighted by molar-refractivity contribution is -0.383. The van der Waals surface area contributed by atoms with Crippen LogP contribution in [0.2, 0.25) is 0 Å². The molecule has 0 unspecified atom stereocenters. The first-order chi connectivity index (χ1) is 19.4. The summed E-state index contributed by atoms with van der Waals surface area (Å²) in [4.78, 5) is 35.4. The molecular formula is C32H26N4O4. The zero-order valence-corrected chi connectivity index (χ0v) is 21.5. The summed E-state index contributed by atoms with van der Waals surface area (Å²) in [5.41, 5.74) is 8.36. The SMILES string of the molecule is Nc1cccc2c(=O)n(Cc3ccccc3)ccc12.O=c1c2cccc([N+](=O)[O-])c2ccn1Cc1ccccc1. The van der Waals surface area contributed by atoms with Gasteiger partial charge in [0.2, 0.25) is 0 Å². The average molecular weight is 531 g/mol. The molecule has 8 nitrogen and oxygen atoms in total. The van der Waals surface area contributed by atoms with Gasteiger partial charge in [0.15, 0.2) is 0 Å². The highest BCUT2D eigenvalue weighted by Crippen LogP contribution is 2.22. The smallest absolute Gasteiger partial charge is 0.277 e. The molecule has 0 aliphatic carbocycles. The lowest BCUT2D eigenvalue weighted by atomic mass is 10.1. The monoisotopic (exact) mass is 530 g/mol. The third-order valence-corrected chi connectivity index (χ3v) is 6.64. The van der Waals surface area contributed by atoms with E-state index in [4.69, 9.17) is 5.73 Å². The maximum atomic E-state index is 12.4. The molecule has 0 fully saturated rings. The first-order valence-electron chi connectivity index (χ1n) is 12.6. The maximum Gasteiger partial charge on any atom is 0.277 e. The van der Waals surface area contributed by atoms with Crippen molar-refractivity contribution in [3.8, 4) is 0 Å². The van der Waals surface area contributed by atoms with Gasteiger partial charge in [0.25, 0.3) is 16.8 Å². The minimum Gasteiger partial charge on any atom is -0.398 e. The van der Waals surface area contributed by atoms with Crippen LogP contribution in [0.25, 0.3) is 21.5 Å². The summed E-state index contributed by atoms with van der Waals surface area (Å²) in [6.07, 6.45) is 3.40. The summed E-state index contributed by atoms with van der Waals surface area (Å²) in [7, 11) is 0. The molecule has 6 rings (SSSR count). The molecule has 40 heavy (non-hydrogen) atoms. The van der Waals surface area contributed by atoms with Crippen molar-refractivity contribution in [2.75, 3.05) is 5.73 Å². The quantitative estimate of drug-likeness (QED) is 0.177. The zero-order valence-electron chi connectivity index (χ0n) is 21.5. The molecule has 8 heteroatoms. The Morgan fingerprint density at radius 1 is 0.575 bits per heavy atom. The van der Waals surface area contributed by atoms with E-state index in [1.807, 2.05) is 84.9 Å². The molecule has 2 N–H and O–H groups in total. The van der Waals surface area contributed by atoms with Crippen molar-refractivity contribution < 1.29 is 4.92 Å². The normalized spacial score (nSPS) is 10.7. The highest BCUT2D eigenvalue weighted by molar-refractivity contribution is 5.92. The second-order valence-electron chi connectivity index (χ2n) is 9.27. The Labute approximate surface area is 229 Å². The van der Waals surface area contributed by atoms with Crippen molar-refractivity contribution in [1.82, 2.24) is 9.13 Å². The molecule has 0 saturated heterocycles. The first kappa shape index (κ1) is 26.1. The number of nitro groups is 1. The van der Waals surface area contributed by atoms with E-state index in [0.717, 1.165) is 16.5 Å². The highest BCUT2D eigenvalue weighted by atomic mass is 16.6. The van der Waals surface area contributed by atoms with Crippen molar-refractivity contribution >= 4 is 32.9 Å². The number of hydrogen-bond acceptors (Lipinski definition) is 5. The summed E-state index contributed by atoms with van der Waals surface area (Å²) >= 11 is 0. The van der Waals surface area contributed by atoms with Crippen LogP contribution in [-0.2, 0) is 13.1 Å². The van der Waals surface area contributed by atoms with Crippen LogP contribution in [-0.4, -0.2) is 14.1 Å². The van der Waals surface area contributed by atoms with Gasteiger partial charge in [0, 0.05) is 34.9 Å². The Hall–Kier alpha value is -5.50. The van der Waals surface area contributed by atoms with Gasteiger partial charge in [-0.1, -0.05) is 72.8 Å². The van der Waals surface area contributed by atoms with Gasteiger partial charge in [-0.25, -0.2) is 0 Å². The molecule has 6 aromatic rings. The Bertz CT molecular complexity index is 1930. The van der Waals surface area contributed by atoms with E-state index in [-0.39, 0.29) is 16.8 Å². The number of pyridine rings is 2. The zero-order chi connectivity index (χ0) is 28.1. The lowest BCUT2D eigenvalue weighted by Crippen LogP contribution is -2.20. The van der Waals surface area contributed by atoms with E-state index in [1.54, 1.807) is 33.7 Å². The van der Waals surface area contributed by atoms with E-state index in [0.29, 0.717) is 34.9 Å². The van der Waals surface area contributed by atoms with Crippen LogP contribution in [0.15, 0.2) is 131 Å². The van der Waals surface area contributed by atoms with Crippen LogP contribution >= 0.6 is 0 Å². The summed E-state index contributed by atoms with van der Waals surface area (Å²) in [6, 6.07) is 33.0. The number of fused-ring (bicyclic) bond motifs is 2. The molecule has 0 bridgehead atoms. The van der Waals surface area contributed by atoms with E-state index < -0.39 is 4.92 Å². The Morgan fingerprint density at radius 2 is 1.05 bits per heavy atom. The van der Waals surface area contributed by atoms with Crippen molar-refractivity contribution in [2.45, 2.75) is 13.1 Å². The number of rotatable bonds is 5. The summed E-state index contributed by atoms with van der Waals surface area (Å²) < 4.78 is 3.26. The molecule has 198 valence electrons. The van der Waals surface area contributed by atoms with Gasteiger partial charge in [-0.2, -0.15) is 0 Å². The maximum absolute atomic E-state index is 12.4. The van der Waals surface area contributed by atoms with Gasteiger partial charge in [0.1, 0.15) is 0 Å². The van der Waals surface area contributed by atoms with Crippen LogP contribution in [0, 0.1) is 10.1 Å². The van der Waals surface area contributed by atoms with E-state index in [9.17, 15) is 19.7 Å². The fraction of sp³-hybridized carbons (Fsp3) is 0.0625. The number of hydrogen-bond donors (Lipinski definition) is 1. The van der Waals surface area contributed by atoms with Crippen molar-refractivity contribution in [3.05, 3.63) is 164 Å². The minimum absolute atomic E-state index is 0.00588. The molecular weight excluding hydrogens is 504 g/mol. The van der Waals surface area contributed by atoms with Gasteiger partial charge in [-0.05, 0) is 41.5 Å². The van der Waals surface area contributed by atoms with Crippen LogP contribution in [0.1, 0.15) is 11.1 Å². The van der Waals surface area contributed by atoms with Gasteiger partial charge < -0.3 is 14.9 Å². The summed E-state index contributed by atoms with van der Waals surface area (Å²) in [6.45, 7) is 1.02. The second-order valence-corrected chi connectivity index (χ2v) is 9.27. The Balaban J connectivity index is 0.000000162. The predicted molar refractivity (Wildman–Crippen MR) is 159 cm³/mol. The molecule has 2 aromatic heterocycles.